The quantitative estimate of drug-likeness (QED) is 0.788. The molecule has 0 heterocycles. The summed E-state index contributed by atoms with van der Waals surface area (Å²) in [6.45, 7) is 12.1. The summed E-state index contributed by atoms with van der Waals surface area (Å²) in [6, 6.07) is 6.22. The summed E-state index contributed by atoms with van der Waals surface area (Å²) in [7, 11) is 0. The minimum atomic E-state index is 0.213. The fourth-order valence-corrected chi connectivity index (χ4v) is 2.59. The highest BCUT2D eigenvalue weighted by molar-refractivity contribution is 6.35. The molecule has 1 rings (SSSR count). The molecule has 19 heavy (non-hydrogen) atoms. The maximum Gasteiger partial charge on any atom is 0.0452 e. The fraction of sp³-hybridized carbons (Fsp3) is 0.625. The van der Waals surface area contributed by atoms with Gasteiger partial charge in [-0.3, -0.25) is 0 Å². The minimum Gasteiger partial charge on any atom is -0.314 e. The molecular formula is C16H25Cl2N. The standard InChI is InChI=1S/C16H25Cl2N/c1-11(2)19-10-12(16(3,4)5)9-13-14(17)7-6-8-15(13)18/h6-8,11-12,19H,9-10H2,1-5H3. The zero-order chi connectivity index (χ0) is 14.6. The van der Waals surface area contributed by atoms with Crippen LogP contribution in [0, 0.1) is 11.3 Å². The van der Waals surface area contributed by atoms with Gasteiger partial charge >= 0.3 is 0 Å². The summed E-state index contributed by atoms with van der Waals surface area (Å²) in [4.78, 5) is 0. The van der Waals surface area contributed by atoms with E-state index in [2.05, 4.69) is 39.9 Å². The molecule has 1 aromatic carbocycles. The van der Waals surface area contributed by atoms with E-state index < -0.39 is 0 Å². The van der Waals surface area contributed by atoms with Crippen LogP contribution in [0.4, 0.5) is 0 Å². The second-order valence-corrected chi connectivity index (χ2v) is 7.34. The first-order chi connectivity index (χ1) is 8.71. The van der Waals surface area contributed by atoms with Gasteiger partial charge in [-0.15, -0.1) is 0 Å². The van der Waals surface area contributed by atoms with E-state index in [-0.39, 0.29) is 5.41 Å². The molecule has 1 nitrogen and oxygen atoms in total. The van der Waals surface area contributed by atoms with Crippen LogP contribution in [0.3, 0.4) is 0 Å². The lowest BCUT2D eigenvalue weighted by Gasteiger charge is -2.32. The van der Waals surface area contributed by atoms with Gasteiger partial charge in [-0.1, -0.05) is 63.9 Å². The largest absolute Gasteiger partial charge is 0.314 e. The zero-order valence-electron chi connectivity index (χ0n) is 12.6. The fourth-order valence-electron chi connectivity index (χ4n) is 2.04. The number of benzene rings is 1. The molecule has 0 fully saturated rings. The second kappa shape index (κ2) is 6.97. The number of hydrogen-bond donors (Lipinski definition) is 1. The summed E-state index contributed by atoms with van der Waals surface area (Å²) in [5, 5.41) is 5.06. The van der Waals surface area contributed by atoms with E-state index in [0.29, 0.717) is 12.0 Å². The van der Waals surface area contributed by atoms with E-state index in [1.807, 2.05) is 18.2 Å². The number of nitrogens with one attached hydrogen (secondary N) is 1. The van der Waals surface area contributed by atoms with E-state index in [1.54, 1.807) is 0 Å². The van der Waals surface area contributed by atoms with E-state index in [9.17, 15) is 0 Å². The molecule has 0 amide bonds. The Balaban J connectivity index is 2.88. The Bertz CT molecular complexity index is 387. The molecule has 0 spiro atoms. The molecule has 3 heteroatoms. The Morgan fingerprint density at radius 3 is 2.05 bits per heavy atom. The lowest BCUT2D eigenvalue weighted by molar-refractivity contribution is 0.226. The Labute approximate surface area is 127 Å². The first-order valence-electron chi connectivity index (χ1n) is 6.88. The van der Waals surface area contributed by atoms with Crippen molar-refractivity contribution >= 4 is 23.2 Å². The van der Waals surface area contributed by atoms with Gasteiger partial charge < -0.3 is 5.32 Å². The summed E-state index contributed by atoms with van der Waals surface area (Å²) in [5.74, 6) is 0.493. The monoisotopic (exact) mass is 301 g/mol. The van der Waals surface area contributed by atoms with Crippen LogP contribution in [0.2, 0.25) is 10.0 Å². The predicted molar refractivity (Wildman–Crippen MR) is 86.2 cm³/mol. The van der Waals surface area contributed by atoms with Crippen LogP contribution in [0.5, 0.6) is 0 Å². The van der Waals surface area contributed by atoms with Gasteiger partial charge in [0, 0.05) is 16.1 Å². The van der Waals surface area contributed by atoms with Crippen LogP contribution in [-0.4, -0.2) is 12.6 Å². The van der Waals surface area contributed by atoms with Crippen molar-refractivity contribution < 1.29 is 0 Å². The summed E-state index contributed by atoms with van der Waals surface area (Å²) < 4.78 is 0. The van der Waals surface area contributed by atoms with E-state index in [1.165, 1.54) is 0 Å². The van der Waals surface area contributed by atoms with Gasteiger partial charge in [0.15, 0.2) is 0 Å². The highest BCUT2D eigenvalue weighted by atomic mass is 35.5. The maximum atomic E-state index is 6.28. The molecule has 0 saturated heterocycles. The first kappa shape index (κ1) is 16.8. The highest BCUT2D eigenvalue weighted by Crippen LogP contribution is 2.33. The van der Waals surface area contributed by atoms with Gasteiger partial charge in [-0.25, -0.2) is 0 Å². The Morgan fingerprint density at radius 2 is 1.63 bits per heavy atom. The summed E-state index contributed by atoms with van der Waals surface area (Å²) in [6.07, 6.45) is 0.904. The third-order valence-corrected chi connectivity index (χ3v) is 4.22. The van der Waals surface area contributed by atoms with Crippen molar-refractivity contribution in [2.45, 2.75) is 47.1 Å². The van der Waals surface area contributed by atoms with Gasteiger partial charge in [0.1, 0.15) is 0 Å². The molecular weight excluding hydrogens is 277 g/mol. The molecule has 1 aromatic rings. The molecule has 0 aliphatic heterocycles. The summed E-state index contributed by atoms with van der Waals surface area (Å²) in [5.41, 5.74) is 1.28. The maximum absolute atomic E-state index is 6.28. The van der Waals surface area contributed by atoms with Gasteiger partial charge in [0.05, 0.1) is 0 Å². The Morgan fingerprint density at radius 1 is 1.11 bits per heavy atom. The average Bonchev–Trinajstić information content (AvgIpc) is 2.25. The number of rotatable bonds is 5. The zero-order valence-corrected chi connectivity index (χ0v) is 14.1. The van der Waals surface area contributed by atoms with Crippen LogP contribution < -0.4 is 5.32 Å². The minimum absolute atomic E-state index is 0.213. The first-order valence-corrected chi connectivity index (χ1v) is 7.63. The van der Waals surface area contributed by atoms with Crippen LogP contribution in [0.15, 0.2) is 18.2 Å². The topological polar surface area (TPSA) is 12.0 Å². The van der Waals surface area contributed by atoms with E-state index in [4.69, 9.17) is 23.2 Å². The van der Waals surface area contributed by atoms with Crippen molar-refractivity contribution in [1.29, 1.82) is 0 Å². The Hall–Kier alpha value is -0.240. The van der Waals surface area contributed by atoms with Crippen LogP contribution in [0.25, 0.3) is 0 Å². The third kappa shape index (κ3) is 5.33. The van der Waals surface area contributed by atoms with Crippen LogP contribution >= 0.6 is 23.2 Å². The average molecular weight is 302 g/mol. The van der Waals surface area contributed by atoms with Crippen molar-refractivity contribution in [2.75, 3.05) is 6.54 Å². The Kier molecular flexibility index (Phi) is 6.16. The van der Waals surface area contributed by atoms with E-state index in [0.717, 1.165) is 28.6 Å². The van der Waals surface area contributed by atoms with Crippen molar-refractivity contribution in [3.05, 3.63) is 33.8 Å². The molecule has 1 N–H and O–H groups in total. The number of halogens is 2. The normalized spacial score (nSPS) is 13.9. The molecule has 0 bridgehead atoms. The third-order valence-electron chi connectivity index (χ3n) is 3.51. The molecule has 0 saturated carbocycles. The van der Waals surface area contributed by atoms with Gasteiger partial charge in [-0.05, 0) is 42.0 Å². The SMILES string of the molecule is CC(C)NCC(Cc1c(Cl)cccc1Cl)C(C)(C)C. The predicted octanol–water partition coefficient (Wildman–Crippen LogP) is 5.20. The molecule has 0 aliphatic carbocycles. The molecule has 0 radical (unpaired) electrons. The highest BCUT2D eigenvalue weighted by Gasteiger charge is 2.26. The van der Waals surface area contributed by atoms with Crippen molar-refractivity contribution in [2.24, 2.45) is 11.3 Å². The van der Waals surface area contributed by atoms with Gasteiger partial charge in [0.2, 0.25) is 0 Å². The molecule has 0 aromatic heterocycles. The summed E-state index contributed by atoms with van der Waals surface area (Å²) >= 11 is 12.6. The molecule has 108 valence electrons. The van der Waals surface area contributed by atoms with Gasteiger partial charge in [0.25, 0.3) is 0 Å². The van der Waals surface area contributed by atoms with E-state index >= 15 is 0 Å². The van der Waals surface area contributed by atoms with Crippen LogP contribution in [0.1, 0.15) is 40.2 Å². The smallest absolute Gasteiger partial charge is 0.0452 e. The lowest BCUT2D eigenvalue weighted by Crippen LogP contribution is -2.36. The lowest BCUT2D eigenvalue weighted by atomic mass is 9.77. The van der Waals surface area contributed by atoms with Crippen molar-refractivity contribution in [3.63, 3.8) is 0 Å². The van der Waals surface area contributed by atoms with Gasteiger partial charge in [-0.2, -0.15) is 0 Å². The molecule has 1 atom stereocenters. The van der Waals surface area contributed by atoms with Crippen molar-refractivity contribution in [1.82, 2.24) is 5.32 Å². The van der Waals surface area contributed by atoms with Crippen molar-refractivity contribution in [3.8, 4) is 0 Å². The molecule has 0 aliphatic rings. The second-order valence-electron chi connectivity index (χ2n) is 6.53. The molecule has 1 unspecified atom stereocenters. The number of hydrogen-bond acceptors (Lipinski definition) is 1. The van der Waals surface area contributed by atoms with Crippen LogP contribution in [-0.2, 0) is 6.42 Å².